The Bertz CT molecular complexity index is 350. The molecule has 0 aromatic rings. The third-order valence-corrected chi connectivity index (χ3v) is 5.41. The van der Waals surface area contributed by atoms with E-state index >= 15 is 0 Å². The third kappa shape index (κ3) is 58.1. The second kappa shape index (κ2) is 35.2. The van der Waals surface area contributed by atoms with Gasteiger partial charge >= 0.3 is 7.82 Å². The predicted molar refractivity (Wildman–Crippen MR) is 145 cm³/mol. The number of hydrogen-bond acceptors (Lipinski definition) is 4. The lowest BCUT2D eigenvalue weighted by atomic mass is 10.1. The van der Waals surface area contributed by atoms with Crippen molar-refractivity contribution in [3.05, 3.63) is 0 Å². The first kappa shape index (κ1) is 38.5. The van der Waals surface area contributed by atoms with Crippen LogP contribution in [0.2, 0.25) is 0 Å². The summed E-state index contributed by atoms with van der Waals surface area (Å²) in [5.41, 5.74) is 4.78. The molecule has 8 heteroatoms. The van der Waals surface area contributed by atoms with E-state index in [0.29, 0.717) is 6.54 Å². The van der Waals surface area contributed by atoms with Crippen molar-refractivity contribution in [3.63, 3.8) is 0 Å². The summed E-state index contributed by atoms with van der Waals surface area (Å²) in [6, 6.07) is 0. The summed E-state index contributed by atoms with van der Waals surface area (Å²) >= 11 is 0. The zero-order valence-electron chi connectivity index (χ0n) is 22.6. The molecule has 6 N–H and O–H groups in total. The molecule has 0 saturated heterocycles. The standard InChI is InChI=1S/C24H50O.C2H7NO.H3O4P/c1-3-5-7-9-11-13-15-17-19-21-23-25-24-22-20-18-16-14-12-10-8-6-4-2;3-1-2-4;1-5(2,3)4/h3-24H2,1-2H3;4H,1-3H2;(H3,1,2,3,4). The molecule has 0 aliphatic rings. The molecule has 0 bridgehead atoms. The van der Waals surface area contributed by atoms with E-state index < -0.39 is 7.82 Å². The molecule has 0 aromatic carbocycles. The molecular formula is C26H60NO6P. The Hall–Kier alpha value is -0.0100. The van der Waals surface area contributed by atoms with Gasteiger partial charge in [0, 0.05) is 19.8 Å². The average molecular weight is 514 g/mol. The topological polar surface area (TPSA) is 133 Å². The van der Waals surface area contributed by atoms with Crippen LogP contribution in [0, 0.1) is 0 Å². The third-order valence-electron chi connectivity index (χ3n) is 5.41. The highest BCUT2D eigenvalue weighted by molar-refractivity contribution is 7.45. The largest absolute Gasteiger partial charge is 0.466 e. The van der Waals surface area contributed by atoms with Crippen LogP contribution in [0.25, 0.3) is 0 Å². The van der Waals surface area contributed by atoms with E-state index in [1.165, 1.54) is 128 Å². The van der Waals surface area contributed by atoms with Gasteiger partial charge in [0.25, 0.3) is 0 Å². The lowest BCUT2D eigenvalue weighted by Crippen LogP contribution is -2.02. The first-order valence-electron chi connectivity index (χ1n) is 14.0. The number of ether oxygens (including phenoxy) is 1. The van der Waals surface area contributed by atoms with E-state index in [1.54, 1.807) is 0 Å². The Morgan fingerprint density at radius 3 is 0.971 bits per heavy atom. The first-order valence-corrected chi connectivity index (χ1v) is 15.6. The molecule has 0 radical (unpaired) electrons. The van der Waals surface area contributed by atoms with Crippen LogP contribution in [0.5, 0.6) is 0 Å². The molecule has 0 spiro atoms. The molecule has 0 aliphatic heterocycles. The lowest BCUT2D eigenvalue weighted by Gasteiger charge is -2.05. The van der Waals surface area contributed by atoms with E-state index in [1.807, 2.05) is 0 Å². The van der Waals surface area contributed by atoms with Gasteiger partial charge in [-0.1, -0.05) is 129 Å². The van der Waals surface area contributed by atoms with Crippen LogP contribution in [-0.4, -0.2) is 46.2 Å². The molecule has 0 rings (SSSR count). The molecule has 210 valence electrons. The van der Waals surface area contributed by atoms with Crippen molar-refractivity contribution in [2.45, 2.75) is 142 Å². The molecule has 0 unspecified atom stereocenters. The summed E-state index contributed by atoms with van der Waals surface area (Å²) in [6.45, 7) is 7.04. The van der Waals surface area contributed by atoms with Crippen molar-refractivity contribution >= 4 is 7.82 Å². The average Bonchev–Trinajstić information content (AvgIpc) is 2.79. The van der Waals surface area contributed by atoms with Gasteiger partial charge in [-0.2, -0.15) is 0 Å². The van der Waals surface area contributed by atoms with Crippen molar-refractivity contribution in [1.82, 2.24) is 0 Å². The number of aliphatic hydroxyl groups excluding tert-OH is 1. The van der Waals surface area contributed by atoms with Gasteiger partial charge in [-0.15, -0.1) is 0 Å². The van der Waals surface area contributed by atoms with Gasteiger partial charge < -0.3 is 30.3 Å². The fourth-order valence-corrected chi connectivity index (χ4v) is 3.49. The molecule has 0 amide bonds. The summed E-state index contributed by atoms with van der Waals surface area (Å²) < 4.78 is 14.7. The van der Waals surface area contributed by atoms with Crippen molar-refractivity contribution in [1.29, 1.82) is 0 Å². The molecule has 0 fully saturated rings. The van der Waals surface area contributed by atoms with Gasteiger partial charge in [0.15, 0.2) is 0 Å². The maximum atomic E-state index is 8.88. The van der Waals surface area contributed by atoms with E-state index in [9.17, 15) is 0 Å². The normalized spacial score (nSPS) is 10.9. The van der Waals surface area contributed by atoms with Crippen LogP contribution in [0.15, 0.2) is 0 Å². The van der Waals surface area contributed by atoms with Gasteiger partial charge in [-0.25, -0.2) is 4.57 Å². The van der Waals surface area contributed by atoms with Crippen LogP contribution >= 0.6 is 7.82 Å². The summed E-state index contributed by atoms with van der Waals surface area (Å²) in [5.74, 6) is 0. The molecule has 0 saturated carbocycles. The Balaban J connectivity index is -0.000000900. The summed E-state index contributed by atoms with van der Waals surface area (Å²) in [7, 11) is -4.64. The summed E-state index contributed by atoms with van der Waals surface area (Å²) in [5, 5.41) is 7.75. The van der Waals surface area contributed by atoms with Gasteiger partial charge in [-0.05, 0) is 12.8 Å². The Kier molecular flexibility index (Phi) is 39.8. The quantitative estimate of drug-likeness (QED) is 0.0745. The Morgan fingerprint density at radius 2 is 0.765 bits per heavy atom. The number of nitrogens with two attached hydrogens (primary N) is 1. The Labute approximate surface area is 211 Å². The number of hydrogen-bond donors (Lipinski definition) is 5. The predicted octanol–water partition coefficient (Wildman–Crippen LogP) is 6.85. The second-order valence-corrected chi connectivity index (χ2v) is 10.0. The maximum absolute atomic E-state index is 8.88. The summed E-state index contributed by atoms with van der Waals surface area (Å²) in [4.78, 5) is 21.6. The number of phosphoric acid groups is 1. The smallest absolute Gasteiger partial charge is 0.395 e. The summed E-state index contributed by atoms with van der Waals surface area (Å²) in [6.07, 6.45) is 28.2. The minimum absolute atomic E-state index is 0.0972. The minimum Gasteiger partial charge on any atom is -0.395 e. The van der Waals surface area contributed by atoms with Crippen LogP contribution < -0.4 is 5.73 Å². The highest BCUT2D eigenvalue weighted by Crippen LogP contribution is 2.25. The zero-order chi connectivity index (χ0) is 26.2. The molecule has 34 heavy (non-hydrogen) atoms. The van der Waals surface area contributed by atoms with Crippen molar-refractivity contribution in [2.75, 3.05) is 26.4 Å². The maximum Gasteiger partial charge on any atom is 0.466 e. The number of aliphatic hydroxyl groups is 1. The number of unbranched alkanes of at least 4 members (excludes halogenated alkanes) is 18. The van der Waals surface area contributed by atoms with Crippen LogP contribution in [0.3, 0.4) is 0 Å². The molecule has 0 heterocycles. The Morgan fingerprint density at radius 1 is 0.559 bits per heavy atom. The van der Waals surface area contributed by atoms with Crippen LogP contribution in [-0.2, 0) is 9.30 Å². The fourth-order valence-electron chi connectivity index (χ4n) is 3.49. The minimum atomic E-state index is -4.64. The van der Waals surface area contributed by atoms with E-state index in [-0.39, 0.29) is 6.61 Å². The molecule has 7 nitrogen and oxygen atoms in total. The van der Waals surface area contributed by atoms with Gasteiger partial charge in [0.05, 0.1) is 6.61 Å². The second-order valence-electron chi connectivity index (χ2n) is 9.00. The van der Waals surface area contributed by atoms with E-state index in [4.69, 9.17) is 34.8 Å². The highest BCUT2D eigenvalue weighted by Gasteiger charge is 2.00. The molecule has 0 aliphatic carbocycles. The van der Waals surface area contributed by atoms with Crippen LogP contribution in [0.1, 0.15) is 142 Å². The monoisotopic (exact) mass is 513 g/mol. The molecule has 0 aromatic heterocycles. The SMILES string of the molecule is CCCCCCCCCCCCOCCCCCCCCCCCC.NCCO.O=P(O)(O)O. The van der Waals surface area contributed by atoms with Crippen molar-refractivity contribution in [3.8, 4) is 0 Å². The lowest BCUT2D eigenvalue weighted by molar-refractivity contribution is 0.125. The van der Waals surface area contributed by atoms with Gasteiger partial charge in [0.2, 0.25) is 0 Å². The van der Waals surface area contributed by atoms with Gasteiger partial charge in [0.1, 0.15) is 0 Å². The zero-order valence-corrected chi connectivity index (χ0v) is 23.5. The molecular weight excluding hydrogens is 453 g/mol. The van der Waals surface area contributed by atoms with E-state index in [0.717, 1.165) is 13.2 Å². The highest BCUT2D eigenvalue weighted by atomic mass is 31.2. The molecule has 0 atom stereocenters. The van der Waals surface area contributed by atoms with Crippen molar-refractivity contribution < 1.29 is 29.1 Å². The van der Waals surface area contributed by atoms with Gasteiger partial charge in [-0.3, -0.25) is 0 Å². The van der Waals surface area contributed by atoms with Crippen LogP contribution in [0.4, 0.5) is 0 Å². The fraction of sp³-hybridized carbons (Fsp3) is 1.00. The number of rotatable bonds is 23. The first-order chi connectivity index (χ1) is 16.3. The van der Waals surface area contributed by atoms with E-state index in [2.05, 4.69) is 13.8 Å². The van der Waals surface area contributed by atoms with Crippen molar-refractivity contribution in [2.24, 2.45) is 5.73 Å².